The van der Waals surface area contributed by atoms with Crippen molar-refractivity contribution in [1.29, 1.82) is 0 Å². The number of hydrogen-bond acceptors (Lipinski definition) is 2. The first-order chi connectivity index (χ1) is 12.2. The summed E-state index contributed by atoms with van der Waals surface area (Å²) in [7, 11) is 0. The van der Waals surface area contributed by atoms with Gasteiger partial charge in [0.25, 0.3) is 0 Å². The third-order valence-corrected chi connectivity index (χ3v) is 3.91. The van der Waals surface area contributed by atoms with Crippen LogP contribution in [0.4, 0.5) is 13.2 Å². The van der Waals surface area contributed by atoms with Crippen LogP contribution in [0.25, 0.3) is 11.1 Å². The molecular formula is C20H16F3NO2. The van der Waals surface area contributed by atoms with Crippen LogP contribution < -0.4 is 10.2 Å². The lowest BCUT2D eigenvalue weighted by Crippen LogP contribution is -2.08. The van der Waals surface area contributed by atoms with E-state index in [1.807, 2.05) is 13.8 Å². The van der Waals surface area contributed by atoms with Crippen LogP contribution >= 0.6 is 0 Å². The van der Waals surface area contributed by atoms with Gasteiger partial charge in [-0.15, -0.1) is 0 Å². The first-order valence-electron chi connectivity index (χ1n) is 7.90. The number of benzene rings is 2. The van der Waals surface area contributed by atoms with Crippen molar-refractivity contribution < 1.29 is 17.9 Å². The minimum atomic E-state index is -4.38. The van der Waals surface area contributed by atoms with Gasteiger partial charge in [-0.1, -0.05) is 12.1 Å². The van der Waals surface area contributed by atoms with Crippen LogP contribution in [0.2, 0.25) is 0 Å². The molecule has 0 bridgehead atoms. The van der Waals surface area contributed by atoms with Gasteiger partial charge in [0.05, 0.1) is 5.56 Å². The quantitative estimate of drug-likeness (QED) is 0.674. The van der Waals surface area contributed by atoms with E-state index in [1.165, 1.54) is 18.2 Å². The average molecular weight is 359 g/mol. The molecule has 3 aromatic rings. The Balaban J connectivity index is 1.82. The summed E-state index contributed by atoms with van der Waals surface area (Å²) in [6, 6.07) is 12.8. The van der Waals surface area contributed by atoms with Crippen LogP contribution in [-0.2, 0) is 6.18 Å². The molecule has 0 aliphatic rings. The zero-order chi connectivity index (χ0) is 18.9. The number of hydrogen-bond donors (Lipinski definition) is 1. The summed E-state index contributed by atoms with van der Waals surface area (Å²) in [5.74, 6) is 0.768. The van der Waals surface area contributed by atoms with Gasteiger partial charge in [-0.2, -0.15) is 13.2 Å². The molecule has 0 spiro atoms. The number of aromatic nitrogens is 1. The summed E-state index contributed by atoms with van der Waals surface area (Å²) in [6.07, 6.45) is -4.38. The van der Waals surface area contributed by atoms with Gasteiger partial charge < -0.3 is 9.72 Å². The first-order valence-corrected chi connectivity index (χ1v) is 7.90. The van der Waals surface area contributed by atoms with Gasteiger partial charge >= 0.3 is 6.18 Å². The van der Waals surface area contributed by atoms with Gasteiger partial charge in [0.2, 0.25) is 0 Å². The zero-order valence-electron chi connectivity index (χ0n) is 14.1. The number of pyridine rings is 1. The molecule has 0 unspecified atom stereocenters. The van der Waals surface area contributed by atoms with Crippen molar-refractivity contribution in [3.63, 3.8) is 0 Å². The molecule has 1 heterocycles. The van der Waals surface area contributed by atoms with Gasteiger partial charge in [-0.3, -0.25) is 4.79 Å². The topological polar surface area (TPSA) is 42.1 Å². The van der Waals surface area contributed by atoms with Crippen molar-refractivity contribution in [2.24, 2.45) is 0 Å². The van der Waals surface area contributed by atoms with Crippen molar-refractivity contribution in [2.75, 3.05) is 0 Å². The van der Waals surface area contributed by atoms with Crippen molar-refractivity contribution in [3.05, 3.63) is 81.8 Å². The van der Waals surface area contributed by atoms with Crippen LogP contribution in [0.5, 0.6) is 11.5 Å². The summed E-state index contributed by atoms with van der Waals surface area (Å²) < 4.78 is 43.3. The predicted molar refractivity (Wildman–Crippen MR) is 93.5 cm³/mol. The summed E-state index contributed by atoms with van der Waals surface area (Å²) in [5.41, 5.74) is 2.08. The summed E-state index contributed by atoms with van der Waals surface area (Å²) in [4.78, 5) is 15.3. The minimum Gasteiger partial charge on any atom is -0.457 e. The number of aryl methyl sites for hydroxylation is 2. The Morgan fingerprint density at radius 2 is 1.42 bits per heavy atom. The number of aromatic amines is 1. The lowest BCUT2D eigenvalue weighted by molar-refractivity contribution is -0.137. The number of nitrogens with one attached hydrogen (secondary N) is 1. The Bertz CT molecular complexity index is 972. The van der Waals surface area contributed by atoms with E-state index >= 15 is 0 Å². The molecule has 0 saturated carbocycles. The Kier molecular flexibility index (Phi) is 4.59. The smallest absolute Gasteiger partial charge is 0.416 e. The summed E-state index contributed by atoms with van der Waals surface area (Å²) in [5, 5.41) is 0. The molecule has 1 aromatic heterocycles. The standard InChI is InChI=1S/C20H16F3NO2/c1-12-11-18(25)19(13(2)24-12)14-3-7-16(8-4-14)26-17-9-5-15(6-10-17)20(21,22)23/h3-11H,1-2H3,(H,24,25). The second-order valence-electron chi connectivity index (χ2n) is 5.97. The second-order valence-corrected chi connectivity index (χ2v) is 5.97. The predicted octanol–water partition coefficient (Wildman–Crippen LogP) is 5.47. The molecule has 0 aliphatic heterocycles. The molecule has 0 fully saturated rings. The highest BCUT2D eigenvalue weighted by atomic mass is 19.4. The van der Waals surface area contributed by atoms with Crippen LogP contribution in [0, 0.1) is 13.8 Å². The molecule has 3 nitrogen and oxygen atoms in total. The van der Waals surface area contributed by atoms with E-state index in [4.69, 9.17) is 4.74 Å². The molecule has 3 rings (SSSR count). The zero-order valence-corrected chi connectivity index (χ0v) is 14.1. The van der Waals surface area contributed by atoms with Crippen LogP contribution in [-0.4, -0.2) is 4.98 Å². The van der Waals surface area contributed by atoms with Gasteiger partial charge in [0.15, 0.2) is 5.43 Å². The molecule has 6 heteroatoms. The third kappa shape index (κ3) is 3.79. The van der Waals surface area contributed by atoms with Crippen molar-refractivity contribution in [2.45, 2.75) is 20.0 Å². The van der Waals surface area contributed by atoms with Crippen molar-refractivity contribution in [3.8, 4) is 22.6 Å². The molecule has 134 valence electrons. The Hall–Kier alpha value is -3.02. The summed E-state index contributed by atoms with van der Waals surface area (Å²) in [6.45, 7) is 3.65. The molecule has 0 atom stereocenters. The molecule has 0 radical (unpaired) electrons. The molecule has 1 N–H and O–H groups in total. The van der Waals surface area contributed by atoms with E-state index < -0.39 is 11.7 Å². The van der Waals surface area contributed by atoms with Gasteiger partial charge in [0.1, 0.15) is 11.5 Å². The molecule has 0 aliphatic carbocycles. The fourth-order valence-corrected chi connectivity index (χ4v) is 2.74. The van der Waals surface area contributed by atoms with Crippen LogP contribution in [0.3, 0.4) is 0 Å². The number of ether oxygens (including phenoxy) is 1. The highest BCUT2D eigenvalue weighted by Crippen LogP contribution is 2.31. The highest BCUT2D eigenvalue weighted by Gasteiger charge is 2.30. The molecule has 0 amide bonds. The van der Waals surface area contributed by atoms with Crippen molar-refractivity contribution in [1.82, 2.24) is 4.98 Å². The number of alkyl halides is 3. The maximum Gasteiger partial charge on any atom is 0.416 e. The monoisotopic (exact) mass is 359 g/mol. The van der Waals surface area contributed by atoms with Gasteiger partial charge in [-0.25, -0.2) is 0 Å². The Morgan fingerprint density at radius 1 is 0.885 bits per heavy atom. The minimum absolute atomic E-state index is 0.0739. The fourth-order valence-electron chi connectivity index (χ4n) is 2.74. The highest BCUT2D eigenvalue weighted by molar-refractivity contribution is 5.66. The first kappa shape index (κ1) is 17.8. The van der Waals surface area contributed by atoms with E-state index in [2.05, 4.69) is 4.98 Å². The Morgan fingerprint density at radius 3 is 1.92 bits per heavy atom. The summed E-state index contributed by atoms with van der Waals surface area (Å²) >= 11 is 0. The van der Waals surface area contributed by atoms with Crippen LogP contribution in [0.15, 0.2) is 59.4 Å². The van der Waals surface area contributed by atoms with E-state index in [9.17, 15) is 18.0 Å². The Labute approximate surface area is 148 Å². The number of H-pyrrole nitrogens is 1. The normalized spacial score (nSPS) is 11.4. The maximum atomic E-state index is 12.6. The molecular weight excluding hydrogens is 343 g/mol. The number of rotatable bonds is 3. The van der Waals surface area contributed by atoms with Gasteiger partial charge in [-0.05, 0) is 55.8 Å². The lowest BCUT2D eigenvalue weighted by Gasteiger charge is -2.10. The third-order valence-electron chi connectivity index (χ3n) is 3.91. The molecule has 2 aromatic carbocycles. The van der Waals surface area contributed by atoms with E-state index in [0.717, 1.165) is 29.1 Å². The van der Waals surface area contributed by atoms with E-state index in [0.29, 0.717) is 17.1 Å². The second kappa shape index (κ2) is 6.71. The number of halogens is 3. The largest absolute Gasteiger partial charge is 0.457 e. The SMILES string of the molecule is Cc1cc(=O)c(-c2ccc(Oc3ccc(C(F)(F)F)cc3)cc2)c(C)[nH]1. The lowest BCUT2D eigenvalue weighted by atomic mass is 10.0. The van der Waals surface area contributed by atoms with Crippen LogP contribution in [0.1, 0.15) is 17.0 Å². The van der Waals surface area contributed by atoms with E-state index in [-0.39, 0.29) is 5.43 Å². The average Bonchev–Trinajstić information content (AvgIpc) is 2.55. The molecule has 0 saturated heterocycles. The van der Waals surface area contributed by atoms with E-state index in [1.54, 1.807) is 24.3 Å². The molecule has 26 heavy (non-hydrogen) atoms. The van der Waals surface area contributed by atoms with Gasteiger partial charge in [0, 0.05) is 23.0 Å². The maximum absolute atomic E-state index is 12.6. The fraction of sp³-hybridized carbons (Fsp3) is 0.150. The van der Waals surface area contributed by atoms with Crippen molar-refractivity contribution >= 4 is 0 Å².